The smallest absolute Gasteiger partial charge is 0.0331 e. The molecular weight excluding hydrogens is 250 g/mol. The second kappa shape index (κ2) is 6.29. The zero-order valence-corrected chi connectivity index (χ0v) is 11.4. The van der Waals surface area contributed by atoms with Crippen LogP contribution in [0.3, 0.4) is 0 Å². The molecule has 0 heterocycles. The highest BCUT2D eigenvalue weighted by atomic mass is 79.9. The van der Waals surface area contributed by atoms with E-state index in [0.717, 1.165) is 6.54 Å². The van der Waals surface area contributed by atoms with E-state index in [1.165, 1.54) is 28.4 Å². The van der Waals surface area contributed by atoms with Crippen molar-refractivity contribution in [1.82, 2.24) is 5.32 Å². The largest absolute Gasteiger partial charge is 0.310 e. The second-order valence-corrected chi connectivity index (χ2v) is 4.67. The number of aryl methyl sites for hydroxylation is 1. The summed E-state index contributed by atoms with van der Waals surface area (Å²) < 4.78 is 1.25. The van der Waals surface area contributed by atoms with Gasteiger partial charge in [-0.25, -0.2) is 0 Å². The summed E-state index contributed by atoms with van der Waals surface area (Å²) >= 11 is 3.68. The van der Waals surface area contributed by atoms with E-state index in [-0.39, 0.29) is 0 Å². The molecule has 0 aromatic heterocycles. The molecule has 15 heavy (non-hydrogen) atoms. The molecule has 1 aromatic carbocycles. The Hall–Kier alpha value is -0.340. The van der Waals surface area contributed by atoms with Crippen molar-refractivity contribution in [3.63, 3.8) is 0 Å². The maximum absolute atomic E-state index is 3.68. The summed E-state index contributed by atoms with van der Waals surface area (Å²) in [6.45, 7) is 7.55. The summed E-state index contributed by atoms with van der Waals surface area (Å²) in [7, 11) is 0. The minimum Gasteiger partial charge on any atom is -0.310 e. The van der Waals surface area contributed by atoms with Crippen LogP contribution >= 0.6 is 15.9 Å². The first-order chi connectivity index (χ1) is 7.20. The normalized spacial score (nSPS) is 12.8. The van der Waals surface area contributed by atoms with E-state index in [0.29, 0.717) is 6.04 Å². The lowest BCUT2D eigenvalue weighted by Gasteiger charge is -2.19. The third kappa shape index (κ3) is 3.32. The zero-order chi connectivity index (χ0) is 11.3. The van der Waals surface area contributed by atoms with Gasteiger partial charge >= 0.3 is 0 Å². The molecule has 1 aromatic rings. The number of hydrogen-bond acceptors (Lipinski definition) is 1. The first kappa shape index (κ1) is 12.7. The van der Waals surface area contributed by atoms with Gasteiger partial charge in [-0.15, -0.1) is 0 Å². The average molecular weight is 270 g/mol. The van der Waals surface area contributed by atoms with Gasteiger partial charge in [0.2, 0.25) is 0 Å². The Kier molecular flexibility index (Phi) is 5.34. The molecule has 0 radical (unpaired) electrons. The maximum Gasteiger partial charge on any atom is 0.0331 e. The van der Waals surface area contributed by atoms with Crippen molar-refractivity contribution in [2.75, 3.05) is 6.54 Å². The predicted octanol–water partition coefficient (Wildman–Crippen LogP) is 4.21. The minimum atomic E-state index is 0.481. The van der Waals surface area contributed by atoms with Crippen LogP contribution in [-0.4, -0.2) is 6.54 Å². The van der Waals surface area contributed by atoms with Gasteiger partial charge in [0.15, 0.2) is 0 Å². The fourth-order valence-corrected chi connectivity index (χ4v) is 2.38. The molecule has 0 spiro atoms. The van der Waals surface area contributed by atoms with E-state index in [2.05, 4.69) is 60.2 Å². The molecule has 0 bridgehead atoms. The van der Waals surface area contributed by atoms with Crippen LogP contribution in [0.2, 0.25) is 0 Å². The van der Waals surface area contributed by atoms with E-state index in [1.807, 2.05) is 0 Å². The molecule has 0 aliphatic carbocycles. The number of benzene rings is 1. The second-order valence-electron chi connectivity index (χ2n) is 3.88. The van der Waals surface area contributed by atoms with E-state index in [9.17, 15) is 0 Å². The van der Waals surface area contributed by atoms with E-state index in [4.69, 9.17) is 0 Å². The quantitative estimate of drug-likeness (QED) is 0.845. The standard InChI is InChI=1S/C13H20BrN/c1-4-7-12(15-5-2)11-9-6-8-10(3)13(11)14/h6,8-9,12,15H,4-5,7H2,1-3H3. The molecule has 0 amide bonds. The summed E-state index contributed by atoms with van der Waals surface area (Å²) in [6.07, 6.45) is 2.40. The van der Waals surface area contributed by atoms with Gasteiger partial charge in [0, 0.05) is 10.5 Å². The third-order valence-electron chi connectivity index (χ3n) is 2.62. The number of nitrogens with one attached hydrogen (secondary N) is 1. The SMILES string of the molecule is CCCC(NCC)c1cccc(C)c1Br. The van der Waals surface area contributed by atoms with Gasteiger partial charge in [-0.1, -0.05) is 54.4 Å². The average Bonchev–Trinajstić information content (AvgIpc) is 2.22. The summed E-state index contributed by atoms with van der Waals surface area (Å²) in [5.74, 6) is 0. The molecular formula is C13H20BrN. The number of rotatable bonds is 5. The van der Waals surface area contributed by atoms with Crippen molar-refractivity contribution in [2.24, 2.45) is 0 Å². The molecule has 0 aliphatic heterocycles. The highest BCUT2D eigenvalue weighted by molar-refractivity contribution is 9.10. The van der Waals surface area contributed by atoms with Gasteiger partial charge in [-0.2, -0.15) is 0 Å². The molecule has 1 atom stereocenters. The lowest BCUT2D eigenvalue weighted by atomic mass is 10.0. The molecule has 1 unspecified atom stereocenters. The maximum atomic E-state index is 3.68. The van der Waals surface area contributed by atoms with Gasteiger partial charge in [-0.3, -0.25) is 0 Å². The first-order valence-corrected chi connectivity index (χ1v) is 6.48. The fourth-order valence-electron chi connectivity index (χ4n) is 1.84. The van der Waals surface area contributed by atoms with Crippen LogP contribution < -0.4 is 5.32 Å². The van der Waals surface area contributed by atoms with Gasteiger partial charge < -0.3 is 5.32 Å². The molecule has 1 N–H and O–H groups in total. The van der Waals surface area contributed by atoms with Crippen molar-refractivity contribution >= 4 is 15.9 Å². The molecule has 84 valence electrons. The van der Waals surface area contributed by atoms with Gasteiger partial charge in [0.05, 0.1) is 0 Å². The zero-order valence-electron chi connectivity index (χ0n) is 9.81. The highest BCUT2D eigenvalue weighted by Crippen LogP contribution is 2.28. The lowest BCUT2D eigenvalue weighted by Crippen LogP contribution is -2.21. The number of halogens is 1. The summed E-state index contributed by atoms with van der Waals surface area (Å²) in [5, 5.41) is 3.54. The summed E-state index contributed by atoms with van der Waals surface area (Å²) in [4.78, 5) is 0. The molecule has 1 rings (SSSR count). The van der Waals surface area contributed by atoms with Crippen LogP contribution in [0.4, 0.5) is 0 Å². The molecule has 1 nitrogen and oxygen atoms in total. The molecule has 0 fully saturated rings. The Bertz CT molecular complexity index is 303. The molecule has 0 saturated heterocycles. The summed E-state index contributed by atoms with van der Waals surface area (Å²) in [6, 6.07) is 6.96. The Morgan fingerprint density at radius 3 is 2.67 bits per heavy atom. The fraction of sp³-hybridized carbons (Fsp3) is 0.538. The van der Waals surface area contributed by atoms with E-state index >= 15 is 0 Å². The Labute approximate surface area is 101 Å². The van der Waals surface area contributed by atoms with Crippen molar-refractivity contribution in [1.29, 1.82) is 0 Å². The summed E-state index contributed by atoms with van der Waals surface area (Å²) in [5.41, 5.74) is 2.70. The molecule has 0 saturated carbocycles. The van der Waals surface area contributed by atoms with Gasteiger partial charge in [0.25, 0.3) is 0 Å². The van der Waals surface area contributed by atoms with Crippen molar-refractivity contribution < 1.29 is 0 Å². The number of hydrogen-bond donors (Lipinski definition) is 1. The first-order valence-electron chi connectivity index (χ1n) is 5.69. The van der Waals surface area contributed by atoms with Gasteiger partial charge in [-0.05, 0) is 31.0 Å². The third-order valence-corrected chi connectivity index (χ3v) is 3.71. The van der Waals surface area contributed by atoms with Crippen LogP contribution in [0.15, 0.2) is 22.7 Å². The predicted molar refractivity (Wildman–Crippen MR) is 70.2 cm³/mol. The van der Waals surface area contributed by atoms with E-state index < -0.39 is 0 Å². The van der Waals surface area contributed by atoms with Gasteiger partial charge in [0.1, 0.15) is 0 Å². The Morgan fingerprint density at radius 1 is 1.33 bits per heavy atom. The highest BCUT2D eigenvalue weighted by Gasteiger charge is 2.12. The van der Waals surface area contributed by atoms with Crippen LogP contribution in [0.1, 0.15) is 43.9 Å². The molecule has 2 heteroatoms. The molecule has 0 aliphatic rings. The topological polar surface area (TPSA) is 12.0 Å². The van der Waals surface area contributed by atoms with Crippen molar-refractivity contribution in [3.8, 4) is 0 Å². The van der Waals surface area contributed by atoms with Crippen LogP contribution in [0.5, 0.6) is 0 Å². The minimum absolute atomic E-state index is 0.481. The van der Waals surface area contributed by atoms with E-state index in [1.54, 1.807) is 0 Å². The van der Waals surface area contributed by atoms with Crippen LogP contribution in [0.25, 0.3) is 0 Å². The Morgan fingerprint density at radius 2 is 2.07 bits per heavy atom. The lowest BCUT2D eigenvalue weighted by molar-refractivity contribution is 0.507. The van der Waals surface area contributed by atoms with Crippen LogP contribution in [-0.2, 0) is 0 Å². The van der Waals surface area contributed by atoms with Crippen molar-refractivity contribution in [2.45, 2.75) is 39.7 Å². The van der Waals surface area contributed by atoms with Crippen molar-refractivity contribution in [3.05, 3.63) is 33.8 Å². The Balaban J connectivity index is 2.94. The monoisotopic (exact) mass is 269 g/mol. The van der Waals surface area contributed by atoms with Crippen LogP contribution in [0, 0.1) is 6.92 Å².